The van der Waals surface area contributed by atoms with E-state index in [2.05, 4.69) is 4.74 Å². The molecular formula is C4H9BF3KOS. The molecule has 0 spiro atoms. The number of halogens is 3. The van der Waals surface area contributed by atoms with Gasteiger partial charge in [-0.15, -0.1) is 0 Å². The summed E-state index contributed by atoms with van der Waals surface area (Å²) in [6.07, 6.45) is 0. The molecule has 0 fully saturated rings. The molecule has 0 N–H and O–H groups in total. The van der Waals surface area contributed by atoms with Gasteiger partial charge in [-0.05, 0) is 5.65 Å². The molecule has 0 saturated heterocycles. The smallest absolute Gasteiger partial charge is 0.448 e. The van der Waals surface area contributed by atoms with E-state index in [-0.39, 0.29) is 51.4 Å². The molecule has 0 saturated carbocycles. The van der Waals surface area contributed by atoms with Crippen LogP contribution in [-0.2, 0) is 4.74 Å². The van der Waals surface area contributed by atoms with Crippen molar-refractivity contribution in [3.63, 3.8) is 0 Å². The SMILES string of the molecule is COCCSC[B-](F)(F)F.[K+]. The maximum Gasteiger partial charge on any atom is 1.00 e. The first-order valence-corrected chi connectivity index (χ1v) is 3.99. The van der Waals surface area contributed by atoms with Gasteiger partial charge < -0.3 is 17.7 Å². The van der Waals surface area contributed by atoms with Gasteiger partial charge in [0.2, 0.25) is 0 Å². The topological polar surface area (TPSA) is 9.23 Å². The summed E-state index contributed by atoms with van der Waals surface area (Å²) >= 11 is 0.863. The van der Waals surface area contributed by atoms with Crippen molar-refractivity contribution in [2.24, 2.45) is 0 Å². The molecule has 1 nitrogen and oxygen atoms in total. The molecule has 0 aliphatic rings. The van der Waals surface area contributed by atoms with E-state index in [0.717, 1.165) is 11.8 Å². The molecular weight excluding hydrogens is 203 g/mol. The van der Waals surface area contributed by atoms with Crippen LogP contribution in [0.25, 0.3) is 0 Å². The summed E-state index contributed by atoms with van der Waals surface area (Å²) in [5.41, 5.74) is -0.719. The van der Waals surface area contributed by atoms with Crippen LogP contribution in [0.15, 0.2) is 0 Å². The van der Waals surface area contributed by atoms with Crippen LogP contribution in [0.3, 0.4) is 0 Å². The second kappa shape index (κ2) is 8.40. The van der Waals surface area contributed by atoms with E-state index in [1.807, 2.05) is 0 Å². The van der Waals surface area contributed by atoms with Gasteiger partial charge in [-0.25, -0.2) is 0 Å². The van der Waals surface area contributed by atoms with Crippen molar-refractivity contribution in [3.8, 4) is 0 Å². The molecule has 0 bridgehead atoms. The van der Waals surface area contributed by atoms with Crippen LogP contribution >= 0.6 is 11.8 Å². The second-order valence-corrected chi connectivity index (χ2v) is 2.93. The summed E-state index contributed by atoms with van der Waals surface area (Å²) < 4.78 is 39.0. The third-order valence-corrected chi connectivity index (χ3v) is 1.81. The average Bonchev–Trinajstić information content (AvgIpc) is 1.78. The maximum atomic E-state index is 11.5. The Hall–Kier alpha value is 1.80. The van der Waals surface area contributed by atoms with Gasteiger partial charge in [-0.2, -0.15) is 11.8 Å². The van der Waals surface area contributed by atoms with Crippen LogP contribution in [0, 0.1) is 0 Å². The molecule has 0 aliphatic heterocycles. The van der Waals surface area contributed by atoms with Gasteiger partial charge in [0, 0.05) is 12.9 Å². The predicted octanol–water partition coefficient (Wildman–Crippen LogP) is -1.24. The number of rotatable bonds is 5. The number of thioether (sulfide) groups is 1. The van der Waals surface area contributed by atoms with Crippen LogP contribution < -0.4 is 51.4 Å². The molecule has 0 aliphatic carbocycles. The third-order valence-electron chi connectivity index (χ3n) is 0.739. The average molecular weight is 212 g/mol. The van der Waals surface area contributed by atoms with Gasteiger partial charge in [-0.3, -0.25) is 0 Å². The number of ether oxygens (including phenoxy) is 1. The molecule has 0 rings (SSSR count). The minimum atomic E-state index is -4.61. The Labute approximate surface area is 111 Å². The van der Waals surface area contributed by atoms with E-state index in [1.165, 1.54) is 7.11 Å². The van der Waals surface area contributed by atoms with E-state index in [9.17, 15) is 12.9 Å². The van der Waals surface area contributed by atoms with Gasteiger partial charge in [0.05, 0.1) is 6.61 Å². The van der Waals surface area contributed by atoms with E-state index in [4.69, 9.17) is 0 Å². The van der Waals surface area contributed by atoms with Crippen molar-refractivity contribution in [3.05, 3.63) is 0 Å². The molecule has 0 aromatic rings. The first-order valence-electron chi connectivity index (χ1n) is 2.84. The summed E-state index contributed by atoms with van der Waals surface area (Å²) in [6, 6.07) is 0. The molecule has 0 atom stereocenters. The molecule has 62 valence electrons. The zero-order valence-electron chi connectivity index (χ0n) is 6.65. The van der Waals surface area contributed by atoms with Crippen LogP contribution in [0.5, 0.6) is 0 Å². The summed E-state index contributed by atoms with van der Waals surface area (Å²) in [6.45, 7) is -4.22. The molecule has 0 heterocycles. The Morgan fingerprint density at radius 2 is 1.91 bits per heavy atom. The second-order valence-electron chi connectivity index (χ2n) is 1.78. The van der Waals surface area contributed by atoms with E-state index in [0.29, 0.717) is 12.4 Å². The van der Waals surface area contributed by atoms with Gasteiger partial charge in [0.25, 0.3) is 0 Å². The van der Waals surface area contributed by atoms with Crippen molar-refractivity contribution >= 4 is 18.7 Å². The number of methoxy groups -OCH3 is 1. The van der Waals surface area contributed by atoms with Crippen LogP contribution in [-0.4, -0.2) is 32.1 Å². The minimum absolute atomic E-state index is 0. The monoisotopic (exact) mass is 212 g/mol. The van der Waals surface area contributed by atoms with Gasteiger partial charge in [0.1, 0.15) is 0 Å². The minimum Gasteiger partial charge on any atom is -0.448 e. The Morgan fingerprint density at radius 1 is 1.36 bits per heavy atom. The zero-order valence-corrected chi connectivity index (χ0v) is 10.6. The van der Waals surface area contributed by atoms with E-state index in [1.54, 1.807) is 0 Å². The van der Waals surface area contributed by atoms with Gasteiger partial charge in [-0.1, -0.05) is 0 Å². The van der Waals surface area contributed by atoms with Crippen LogP contribution in [0.4, 0.5) is 12.9 Å². The van der Waals surface area contributed by atoms with E-state index < -0.39 is 12.6 Å². The summed E-state index contributed by atoms with van der Waals surface area (Å²) in [5, 5.41) is 0. The van der Waals surface area contributed by atoms with Crippen molar-refractivity contribution in [2.75, 3.05) is 25.1 Å². The van der Waals surface area contributed by atoms with Crippen molar-refractivity contribution in [1.29, 1.82) is 0 Å². The Kier molecular flexibility index (Phi) is 11.7. The third kappa shape index (κ3) is 14.6. The van der Waals surface area contributed by atoms with Crippen LogP contribution in [0.1, 0.15) is 0 Å². The van der Waals surface area contributed by atoms with Gasteiger partial charge in [0.15, 0.2) is 0 Å². The van der Waals surface area contributed by atoms with Crippen LogP contribution in [0.2, 0.25) is 0 Å². The molecule has 0 aromatic heterocycles. The molecule has 11 heavy (non-hydrogen) atoms. The standard InChI is InChI=1S/C4H9BF3OS.K/c1-9-2-3-10-4-5(6,7)8;/h2-4H2,1H3;/q-1;+1. The predicted molar refractivity (Wildman–Crippen MR) is 38.3 cm³/mol. The quantitative estimate of drug-likeness (QED) is 0.416. The van der Waals surface area contributed by atoms with Crippen molar-refractivity contribution in [2.45, 2.75) is 0 Å². The Morgan fingerprint density at radius 3 is 2.27 bits per heavy atom. The summed E-state index contributed by atoms with van der Waals surface area (Å²) in [7, 11) is 1.47. The first-order chi connectivity index (χ1) is 4.56. The Balaban J connectivity index is 0. The van der Waals surface area contributed by atoms with Crippen molar-refractivity contribution < 1.29 is 69.1 Å². The fourth-order valence-corrected chi connectivity index (χ4v) is 1.08. The van der Waals surface area contributed by atoms with E-state index >= 15 is 0 Å². The first kappa shape index (κ1) is 15.3. The molecule has 0 radical (unpaired) electrons. The Bertz CT molecular complexity index is 91.9. The molecule has 0 amide bonds. The summed E-state index contributed by atoms with van der Waals surface area (Å²) in [4.78, 5) is 0. The van der Waals surface area contributed by atoms with Crippen molar-refractivity contribution in [1.82, 2.24) is 0 Å². The molecule has 0 aromatic carbocycles. The number of hydrogen-bond acceptors (Lipinski definition) is 2. The maximum absolute atomic E-state index is 11.5. The fraction of sp³-hybridized carbons (Fsp3) is 1.00. The number of hydrogen-bond donors (Lipinski definition) is 0. The molecule has 0 unspecified atom stereocenters. The largest absolute Gasteiger partial charge is 1.00 e. The molecule has 7 heteroatoms. The normalized spacial score (nSPS) is 10.9. The zero-order chi connectivity index (χ0) is 8.04. The van der Waals surface area contributed by atoms with Gasteiger partial charge >= 0.3 is 58.4 Å². The summed E-state index contributed by atoms with van der Waals surface area (Å²) in [5.74, 6) is 0.414. The fourth-order valence-electron chi connectivity index (χ4n) is 0.359.